The number of unbranched alkanes of at least 4 members (excludes halogenated alkanes) is 1. The molecule has 2 aliphatic rings. The summed E-state index contributed by atoms with van der Waals surface area (Å²) in [6.45, 7) is 2.73. The minimum Gasteiger partial charge on any atom is -0.480 e. The zero-order valence-electron chi connectivity index (χ0n) is 22.7. The molecule has 10 heteroatoms. The molecule has 218 valence electrons. The summed E-state index contributed by atoms with van der Waals surface area (Å²) in [7, 11) is 0. The molecule has 1 aliphatic heterocycles. The Morgan fingerprint density at radius 3 is 1.85 bits per heavy atom. The zero-order chi connectivity index (χ0) is 29.5. The number of aliphatic carboxylic acids is 1. The fourth-order valence-electron chi connectivity index (χ4n) is 5.56. The van der Waals surface area contributed by atoms with Gasteiger partial charge in [-0.25, -0.2) is 4.79 Å². The lowest BCUT2D eigenvalue weighted by atomic mass is 9.74. The fraction of sp³-hybridized carbons (Fsp3) is 0.355. The molecule has 41 heavy (non-hydrogen) atoms. The minimum atomic E-state index is -4.18. The van der Waals surface area contributed by atoms with E-state index >= 15 is 0 Å². The van der Waals surface area contributed by atoms with Crippen molar-refractivity contribution < 1.29 is 27.9 Å². The Kier molecular flexibility index (Phi) is 9.67. The van der Waals surface area contributed by atoms with Gasteiger partial charge in [-0.2, -0.15) is 13.2 Å². The van der Waals surface area contributed by atoms with Crippen LogP contribution in [0.4, 0.5) is 23.7 Å². The number of urea groups is 1. The molecule has 0 atom stereocenters. The topological polar surface area (TPSA) is 98.9 Å². The maximum absolute atomic E-state index is 12.7. The predicted molar refractivity (Wildman–Crippen MR) is 153 cm³/mol. The Hall–Kier alpha value is -3.89. The minimum absolute atomic E-state index is 0.0576. The van der Waals surface area contributed by atoms with Crippen LogP contribution < -0.4 is 11.1 Å². The Labute approximate surface area is 237 Å². The Morgan fingerprint density at radius 1 is 0.829 bits per heavy atom. The number of carboxylic acid groups (broad SMARTS) is 1. The third kappa shape index (κ3) is 7.07. The van der Waals surface area contributed by atoms with E-state index in [9.17, 15) is 27.9 Å². The number of carbonyl (C=O) groups excluding carboxylic acids is 1. The molecule has 2 amide bonds. The van der Waals surface area contributed by atoms with E-state index < -0.39 is 24.1 Å². The number of benzene rings is 3. The lowest BCUT2D eigenvalue weighted by molar-refractivity contribution is -0.142. The Morgan fingerprint density at radius 2 is 1.34 bits per heavy atom. The first-order chi connectivity index (χ1) is 19.7. The lowest BCUT2D eigenvalue weighted by Gasteiger charge is -2.35. The third-order valence-electron chi connectivity index (χ3n) is 7.62. The highest BCUT2D eigenvalue weighted by atomic mass is 19.4. The number of fused-ring (bicyclic) bond motifs is 3. The maximum Gasteiger partial charge on any atom is 0.400 e. The molecule has 0 saturated carbocycles. The first-order valence-electron chi connectivity index (χ1n) is 13.7. The second kappa shape index (κ2) is 13.2. The van der Waals surface area contributed by atoms with Crippen LogP contribution in [-0.4, -0.2) is 72.4 Å². The van der Waals surface area contributed by atoms with E-state index in [2.05, 4.69) is 16.0 Å². The summed E-state index contributed by atoms with van der Waals surface area (Å²) < 4.78 is 32.0. The molecular formula is C31H35F3N4O3. The Bertz CT molecular complexity index is 1280. The van der Waals surface area contributed by atoms with Crippen LogP contribution >= 0.6 is 0 Å². The highest BCUT2D eigenvalue weighted by molar-refractivity contribution is 5.97. The Balaban J connectivity index is 0.000000585. The van der Waals surface area contributed by atoms with Crippen molar-refractivity contribution in [2.45, 2.75) is 30.9 Å². The van der Waals surface area contributed by atoms with Crippen LogP contribution in [0.2, 0.25) is 0 Å². The number of hydrogen-bond acceptors (Lipinski definition) is 4. The second-order valence-electron chi connectivity index (χ2n) is 10.2. The molecule has 7 nitrogen and oxygen atoms in total. The highest BCUT2D eigenvalue weighted by Gasteiger charge is 2.48. The highest BCUT2D eigenvalue weighted by Crippen LogP contribution is 2.51. The summed E-state index contributed by atoms with van der Waals surface area (Å²) in [5.41, 5.74) is 7.90. The molecule has 0 bridgehead atoms. The number of para-hydroxylation sites is 1. The number of nitrogens with zero attached hydrogens (tertiary/aromatic N) is 2. The van der Waals surface area contributed by atoms with E-state index in [0.717, 1.165) is 60.4 Å². The van der Waals surface area contributed by atoms with Crippen LogP contribution in [0.3, 0.4) is 0 Å². The molecule has 5 rings (SSSR count). The summed E-state index contributed by atoms with van der Waals surface area (Å²) in [5, 5.41) is 13.4. The van der Waals surface area contributed by atoms with Crippen LogP contribution in [0, 0.1) is 0 Å². The number of alkyl halides is 3. The molecule has 0 spiro atoms. The van der Waals surface area contributed by atoms with Gasteiger partial charge in [0.1, 0.15) is 5.41 Å². The van der Waals surface area contributed by atoms with E-state index in [1.165, 1.54) is 0 Å². The fourth-order valence-corrected chi connectivity index (χ4v) is 5.56. The number of piperazine rings is 1. The molecule has 1 fully saturated rings. The van der Waals surface area contributed by atoms with Gasteiger partial charge in [0.2, 0.25) is 0 Å². The van der Waals surface area contributed by atoms with Crippen molar-refractivity contribution in [1.82, 2.24) is 9.80 Å². The largest absolute Gasteiger partial charge is 0.480 e. The second-order valence-corrected chi connectivity index (χ2v) is 10.2. The molecule has 0 aromatic heterocycles. The number of carboxylic acids is 1. The average molecular weight is 569 g/mol. The van der Waals surface area contributed by atoms with Gasteiger partial charge in [-0.1, -0.05) is 73.2 Å². The number of nitrogens with two attached hydrogens (primary N) is 1. The molecule has 0 unspecified atom stereocenters. The van der Waals surface area contributed by atoms with E-state index in [-0.39, 0.29) is 6.03 Å². The van der Waals surface area contributed by atoms with Gasteiger partial charge < -0.3 is 21.1 Å². The van der Waals surface area contributed by atoms with Crippen LogP contribution in [0.15, 0.2) is 78.9 Å². The molecule has 1 aliphatic carbocycles. The van der Waals surface area contributed by atoms with Crippen molar-refractivity contribution >= 4 is 17.7 Å². The van der Waals surface area contributed by atoms with E-state index in [4.69, 9.17) is 0 Å². The predicted octanol–water partition coefficient (Wildman–Crippen LogP) is 5.57. The van der Waals surface area contributed by atoms with Crippen molar-refractivity contribution in [3.63, 3.8) is 0 Å². The van der Waals surface area contributed by atoms with Gasteiger partial charge in [-0.15, -0.1) is 0 Å². The number of amides is 2. The molecule has 0 radical (unpaired) electrons. The van der Waals surface area contributed by atoms with Crippen molar-refractivity contribution in [1.29, 1.82) is 0 Å². The van der Waals surface area contributed by atoms with Gasteiger partial charge in [0.25, 0.3) is 0 Å². The van der Waals surface area contributed by atoms with E-state index in [1.807, 2.05) is 83.8 Å². The molecule has 4 N–H and O–H groups in total. The molecular weight excluding hydrogens is 533 g/mol. The first-order valence-corrected chi connectivity index (χ1v) is 13.7. The van der Waals surface area contributed by atoms with Crippen molar-refractivity contribution in [2.24, 2.45) is 5.73 Å². The summed E-state index contributed by atoms with van der Waals surface area (Å²) >= 11 is 0. The average Bonchev–Trinajstić information content (AvgIpc) is 3.27. The molecule has 3 aromatic rings. The number of rotatable bonds is 7. The number of anilines is 1. The molecule has 3 aromatic carbocycles. The van der Waals surface area contributed by atoms with E-state index in [1.54, 1.807) is 0 Å². The molecule has 1 heterocycles. The lowest BCUT2D eigenvalue weighted by Crippen LogP contribution is -2.50. The zero-order valence-corrected chi connectivity index (χ0v) is 22.7. The molecule has 1 saturated heterocycles. The number of nitrogens with one attached hydrogen (secondary N) is 1. The van der Waals surface area contributed by atoms with Crippen molar-refractivity contribution in [2.75, 3.05) is 44.6 Å². The van der Waals surface area contributed by atoms with Gasteiger partial charge in [0.05, 0.1) is 6.54 Å². The summed E-state index contributed by atoms with van der Waals surface area (Å²) in [5.74, 6) is -0.770. The summed E-state index contributed by atoms with van der Waals surface area (Å²) in [6.07, 6.45) is -1.85. The normalized spacial score (nSPS) is 15.8. The van der Waals surface area contributed by atoms with Crippen molar-refractivity contribution in [3.8, 4) is 11.1 Å². The standard InChI is InChI=1S/C29H31N3O3.C2H4F3N/c33-27(34)29(25-14-6-4-12-23(25)24-13-5-7-15-26(24)29)16-8-9-17-31-18-20-32(21-19-31)28(35)30-22-10-2-1-3-11-22;3-2(4,5)1-6/h1-7,10-15H,8-9,16-21H2,(H,30,35)(H,33,34);1,6H2. The van der Waals surface area contributed by atoms with Crippen LogP contribution in [0.1, 0.15) is 30.4 Å². The van der Waals surface area contributed by atoms with E-state index in [0.29, 0.717) is 19.5 Å². The van der Waals surface area contributed by atoms with Gasteiger partial charge in [-0.3, -0.25) is 9.69 Å². The van der Waals surface area contributed by atoms with Crippen molar-refractivity contribution in [3.05, 3.63) is 90.0 Å². The van der Waals surface area contributed by atoms with Crippen LogP contribution in [0.5, 0.6) is 0 Å². The number of carbonyl (C=O) groups is 2. The first kappa shape index (κ1) is 30.1. The number of hydrogen-bond donors (Lipinski definition) is 3. The third-order valence-corrected chi connectivity index (χ3v) is 7.62. The van der Waals surface area contributed by atoms with Gasteiger partial charge >= 0.3 is 18.2 Å². The quantitative estimate of drug-likeness (QED) is 0.324. The maximum atomic E-state index is 12.7. The smallest absolute Gasteiger partial charge is 0.400 e. The van der Waals surface area contributed by atoms with Gasteiger partial charge in [0, 0.05) is 31.9 Å². The van der Waals surface area contributed by atoms with Gasteiger partial charge in [0.15, 0.2) is 0 Å². The van der Waals surface area contributed by atoms with Gasteiger partial charge in [-0.05, 0) is 53.8 Å². The summed E-state index contributed by atoms with van der Waals surface area (Å²) in [4.78, 5) is 29.5. The number of halogens is 3. The monoisotopic (exact) mass is 568 g/mol. The summed E-state index contributed by atoms with van der Waals surface area (Å²) in [6, 6.07) is 25.3. The van der Waals surface area contributed by atoms with Crippen LogP contribution in [0.25, 0.3) is 11.1 Å². The SMILES string of the molecule is NCC(F)(F)F.O=C(Nc1ccccc1)N1CCN(CCCCC2(C(=O)O)c3ccccc3-c3ccccc32)CC1. The van der Waals surface area contributed by atoms with Crippen LogP contribution in [-0.2, 0) is 10.2 Å².